The van der Waals surface area contributed by atoms with Gasteiger partial charge in [-0.2, -0.15) is 0 Å². The number of rotatable bonds is 2. The van der Waals surface area contributed by atoms with Gasteiger partial charge in [0.1, 0.15) is 0 Å². The van der Waals surface area contributed by atoms with Gasteiger partial charge in [-0.25, -0.2) is 4.39 Å². The minimum absolute atomic E-state index is 0.171. The van der Waals surface area contributed by atoms with Crippen molar-refractivity contribution in [1.29, 1.82) is 0 Å². The number of halogens is 2. The highest BCUT2D eigenvalue weighted by atomic mass is 35.5. The molecule has 0 bridgehead atoms. The number of carbonyl (C=O) groups is 1. The quantitative estimate of drug-likeness (QED) is 0.510. The molecule has 0 aromatic rings. The maximum absolute atomic E-state index is 11.5. The molecule has 7 heavy (non-hydrogen) atoms. The molecule has 0 aromatic heterocycles. The van der Waals surface area contributed by atoms with Gasteiger partial charge < -0.3 is 0 Å². The van der Waals surface area contributed by atoms with Crippen LogP contribution in [0.3, 0.4) is 0 Å². The van der Waals surface area contributed by atoms with E-state index >= 15 is 0 Å². The molecule has 0 saturated heterocycles. The normalized spacial score (nSPS) is 13.6. The lowest BCUT2D eigenvalue weighted by Crippen LogP contribution is -2.05. The van der Waals surface area contributed by atoms with Crippen LogP contribution in [0.2, 0.25) is 0 Å². The van der Waals surface area contributed by atoms with Crippen molar-refractivity contribution in [3.63, 3.8) is 0 Å². The second-order valence-corrected chi connectivity index (χ2v) is 1.50. The predicted molar refractivity (Wildman–Crippen MR) is 26.0 cm³/mol. The Bertz CT molecular complexity index is 72.1. The summed E-state index contributed by atoms with van der Waals surface area (Å²) < 4.78 is 11.5. The number of Topliss-reactive ketones (excluding diaryl/α,β-unsaturated/α-hetero) is 1. The summed E-state index contributed by atoms with van der Waals surface area (Å²) in [7, 11) is 0. The van der Waals surface area contributed by atoms with Gasteiger partial charge >= 0.3 is 0 Å². The van der Waals surface area contributed by atoms with Gasteiger partial charge in [0.2, 0.25) is 5.63 Å². The van der Waals surface area contributed by atoms with Gasteiger partial charge in [-0.1, -0.05) is 18.5 Å². The molecule has 0 radical (unpaired) electrons. The van der Waals surface area contributed by atoms with Gasteiger partial charge in [-0.3, -0.25) is 4.79 Å². The van der Waals surface area contributed by atoms with Gasteiger partial charge in [0.25, 0.3) is 0 Å². The molecule has 0 N–H and O–H groups in total. The zero-order valence-corrected chi connectivity index (χ0v) is 4.70. The Morgan fingerprint density at radius 3 is 2.43 bits per heavy atom. The average molecular weight is 125 g/mol. The second kappa shape index (κ2) is 2.97. The van der Waals surface area contributed by atoms with E-state index in [1.54, 1.807) is 6.92 Å². The zero-order valence-electron chi connectivity index (χ0n) is 3.95. The summed E-state index contributed by atoms with van der Waals surface area (Å²) >= 11 is 4.71. The van der Waals surface area contributed by atoms with Gasteiger partial charge in [-0.05, 0) is 0 Å². The Hall–Kier alpha value is -0.110. The minimum atomic E-state index is -1.80. The lowest BCUT2D eigenvalue weighted by atomic mass is 10.3. The molecule has 3 heteroatoms. The van der Waals surface area contributed by atoms with E-state index in [-0.39, 0.29) is 6.42 Å². The molecule has 0 rings (SSSR count). The van der Waals surface area contributed by atoms with Crippen LogP contribution in [-0.2, 0) is 4.79 Å². The second-order valence-electron chi connectivity index (χ2n) is 1.12. The van der Waals surface area contributed by atoms with Gasteiger partial charge in [0, 0.05) is 6.42 Å². The Morgan fingerprint density at radius 1 is 2.00 bits per heavy atom. The molecule has 1 atom stereocenters. The molecular weight excluding hydrogens is 118 g/mol. The lowest BCUT2D eigenvalue weighted by Gasteiger charge is -1.89. The summed E-state index contributed by atoms with van der Waals surface area (Å²) in [5.41, 5.74) is -1.80. The van der Waals surface area contributed by atoms with Crippen molar-refractivity contribution >= 4 is 17.4 Å². The number of ketones is 1. The van der Waals surface area contributed by atoms with E-state index in [4.69, 9.17) is 11.6 Å². The first-order chi connectivity index (χ1) is 3.18. The fraction of sp³-hybridized carbons (Fsp3) is 0.750. The third-order valence-corrected chi connectivity index (χ3v) is 0.835. The molecule has 1 nitrogen and oxygen atoms in total. The van der Waals surface area contributed by atoms with E-state index in [0.29, 0.717) is 0 Å². The first-order valence-electron chi connectivity index (χ1n) is 1.99. The topological polar surface area (TPSA) is 17.1 Å². The number of alkyl halides is 2. The Balaban J connectivity index is 3.35. The molecule has 0 aliphatic heterocycles. The van der Waals surface area contributed by atoms with Crippen LogP contribution in [0.4, 0.5) is 4.39 Å². The molecule has 42 valence electrons. The molecule has 0 amide bonds. The Kier molecular flexibility index (Phi) is 2.92. The highest BCUT2D eigenvalue weighted by molar-refractivity contribution is 6.29. The lowest BCUT2D eigenvalue weighted by molar-refractivity contribution is -0.120. The van der Waals surface area contributed by atoms with E-state index in [9.17, 15) is 9.18 Å². The fourth-order valence-corrected chi connectivity index (χ4v) is 0.309. The van der Waals surface area contributed by atoms with Crippen molar-refractivity contribution in [3.8, 4) is 0 Å². The molecule has 1 unspecified atom stereocenters. The maximum atomic E-state index is 11.5. The minimum Gasteiger partial charge on any atom is -0.295 e. The molecule has 0 spiro atoms. The summed E-state index contributed by atoms with van der Waals surface area (Å²) in [6.45, 7) is 1.57. The van der Waals surface area contributed by atoms with Gasteiger partial charge in [-0.15, -0.1) is 0 Å². The standard InChI is InChI=1S/C4H6ClFO/c1-2-3(7)4(5)6/h4H,2H2,1H3. The molecule has 0 aromatic carbocycles. The van der Waals surface area contributed by atoms with Crippen LogP contribution in [0.1, 0.15) is 13.3 Å². The number of hydrogen-bond donors (Lipinski definition) is 0. The summed E-state index contributed by atoms with van der Waals surface area (Å²) in [4.78, 5) is 10.0. The molecule has 0 saturated carbocycles. The number of carbonyl (C=O) groups excluding carboxylic acids is 1. The van der Waals surface area contributed by atoms with Crippen LogP contribution in [0.15, 0.2) is 0 Å². The summed E-state index contributed by atoms with van der Waals surface area (Å²) in [5.74, 6) is -0.554. The van der Waals surface area contributed by atoms with E-state index < -0.39 is 11.4 Å². The maximum Gasteiger partial charge on any atom is 0.231 e. The third kappa shape index (κ3) is 2.57. The van der Waals surface area contributed by atoms with E-state index in [1.165, 1.54) is 0 Å². The van der Waals surface area contributed by atoms with E-state index in [0.717, 1.165) is 0 Å². The molecule has 0 aliphatic rings. The van der Waals surface area contributed by atoms with Crippen molar-refractivity contribution in [3.05, 3.63) is 0 Å². The Labute approximate surface area is 46.5 Å². The van der Waals surface area contributed by atoms with Crippen LogP contribution in [0.25, 0.3) is 0 Å². The number of hydrogen-bond acceptors (Lipinski definition) is 1. The van der Waals surface area contributed by atoms with Crippen LogP contribution < -0.4 is 0 Å². The van der Waals surface area contributed by atoms with E-state index in [2.05, 4.69) is 0 Å². The van der Waals surface area contributed by atoms with E-state index in [1.807, 2.05) is 0 Å². The fourth-order valence-electron chi connectivity index (χ4n) is 0.154. The summed E-state index contributed by atoms with van der Waals surface area (Å²) in [6.07, 6.45) is 0.171. The smallest absolute Gasteiger partial charge is 0.231 e. The summed E-state index contributed by atoms with van der Waals surface area (Å²) in [5, 5.41) is 0. The highest BCUT2D eigenvalue weighted by Crippen LogP contribution is 1.99. The van der Waals surface area contributed by atoms with Crippen molar-refractivity contribution in [2.75, 3.05) is 0 Å². The molecule has 0 aliphatic carbocycles. The third-order valence-electron chi connectivity index (χ3n) is 0.592. The van der Waals surface area contributed by atoms with Crippen molar-refractivity contribution in [1.82, 2.24) is 0 Å². The van der Waals surface area contributed by atoms with Crippen LogP contribution in [0.5, 0.6) is 0 Å². The molecule has 0 fully saturated rings. The van der Waals surface area contributed by atoms with Gasteiger partial charge in [0.05, 0.1) is 0 Å². The molecule has 0 heterocycles. The van der Waals surface area contributed by atoms with Crippen molar-refractivity contribution in [2.24, 2.45) is 0 Å². The SMILES string of the molecule is CCC(=O)C(F)Cl. The van der Waals surface area contributed by atoms with Crippen LogP contribution in [0, 0.1) is 0 Å². The van der Waals surface area contributed by atoms with Crippen molar-refractivity contribution < 1.29 is 9.18 Å². The first-order valence-corrected chi connectivity index (χ1v) is 2.43. The monoisotopic (exact) mass is 124 g/mol. The van der Waals surface area contributed by atoms with Crippen molar-refractivity contribution in [2.45, 2.75) is 19.0 Å². The van der Waals surface area contributed by atoms with Crippen LogP contribution >= 0.6 is 11.6 Å². The average Bonchev–Trinajstić information content (AvgIpc) is 1.65. The molecular formula is C4H6ClFO. The summed E-state index contributed by atoms with van der Waals surface area (Å²) in [6, 6.07) is 0. The predicted octanol–water partition coefficient (Wildman–Crippen LogP) is 1.50. The zero-order chi connectivity index (χ0) is 5.86. The highest BCUT2D eigenvalue weighted by Gasteiger charge is 2.08. The first kappa shape index (κ1) is 6.89. The van der Waals surface area contributed by atoms with Crippen LogP contribution in [-0.4, -0.2) is 11.4 Å². The van der Waals surface area contributed by atoms with Gasteiger partial charge in [0.15, 0.2) is 5.78 Å². The Morgan fingerprint density at radius 2 is 2.43 bits per heavy atom. The largest absolute Gasteiger partial charge is 0.295 e.